The van der Waals surface area contributed by atoms with Crippen molar-refractivity contribution in [2.45, 2.75) is 26.8 Å². The van der Waals surface area contributed by atoms with Crippen LogP contribution in [0.2, 0.25) is 0 Å². The molecule has 1 aromatic heterocycles. The van der Waals surface area contributed by atoms with E-state index in [0.717, 1.165) is 10.9 Å². The van der Waals surface area contributed by atoms with Crippen molar-refractivity contribution in [1.29, 1.82) is 0 Å². The second-order valence-electron chi connectivity index (χ2n) is 6.40. The number of fused-ring (bicyclic) bond motifs is 1. The minimum Gasteiger partial charge on any atom is -0.465 e. The molecule has 2 atom stereocenters. The summed E-state index contributed by atoms with van der Waals surface area (Å²) >= 11 is 0. The predicted octanol–water partition coefficient (Wildman–Crippen LogP) is 2.00. The van der Waals surface area contributed by atoms with Crippen molar-refractivity contribution in [3.8, 4) is 0 Å². The summed E-state index contributed by atoms with van der Waals surface area (Å²) in [5.74, 6) is -1.80. The van der Waals surface area contributed by atoms with Gasteiger partial charge in [0.15, 0.2) is 11.2 Å². The Kier molecular flexibility index (Phi) is 5.39. The molecule has 8 nitrogen and oxygen atoms in total. The van der Waals surface area contributed by atoms with Gasteiger partial charge in [0.2, 0.25) is 0 Å². The number of benzene rings is 1. The third-order valence-corrected chi connectivity index (χ3v) is 4.80. The molecule has 0 aliphatic carbocycles. The molecule has 1 aliphatic heterocycles. The van der Waals surface area contributed by atoms with E-state index in [0.29, 0.717) is 12.2 Å². The fraction of sp³-hybridized carbons (Fsp3) is 0.350. The molecule has 0 saturated heterocycles. The van der Waals surface area contributed by atoms with Crippen LogP contribution in [0.4, 0.5) is 5.69 Å². The lowest BCUT2D eigenvalue weighted by atomic mass is 9.76. The molecule has 1 N–H and O–H groups in total. The minimum absolute atomic E-state index is 0.0816. The van der Waals surface area contributed by atoms with Gasteiger partial charge in [-0.1, -0.05) is 6.07 Å². The molecule has 1 aromatic carbocycles. The van der Waals surface area contributed by atoms with Crippen LogP contribution in [0.5, 0.6) is 0 Å². The summed E-state index contributed by atoms with van der Waals surface area (Å²) in [5.41, 5.74) is -0.532. The first-order valence-corrected chi connectivity index (χ1v) is 9.10. The number of rotatable bonds is 6. The topological polar surface area (TPSA) is 101 Å². The van der Waals surface area contributed by atoms with Crippen LogP contribution in [-0.2, 0) is 19.1 Å². The van der Waals surface area contributed by atoms with E-state index in [1.165, 1.54) is 18.1 Å². The van der Waals surface area contributed by atoms with Gasteiger partial charge in [0.05, 0.1) is 18.3 Å². The summed E-state index contributed by atoms with van der Waals surface area (Å²) in [5, 5.41) is 9.14. The van der Waals surface area contributed by atoms with Crippen molar-refractivity contribution in [2.24, 2.45) is 10.5 Å². The Labute approximate surface area is 162 Å². The molecule has 8 heteroatoms. The van der Waals surface area contributed by atoms with E-state index in [9.17, 15) is 14.4 Å². The monoisotopic (exact) mass is 382 g/mol. The standard InChI is InChI=1S/C20H22N4O4/c1-4-24-18(26)17(20(12-22-24,13(3)25)19(27)28-5-2)23-16-10-6-9-15-14(16)8-7-11-21-15/h6-12,17,23H,4-5H2,1-3H3. The minimum atomic E-state index is -1.84. The lowest BCUT2D eigenvalue weighted by Gasteiger charge is -2.38. The van der Waals surface area contributed by atoms with Crippen LogP contribution >= 0.6 is 0 Å². The molecule has 0 saturated carbocycles. The zero-order valence-corrected chi connectivity index (χ0v) is 16.0. The number of amides is 1. The van der Waals surface area contributed by atoms with Crippen molar-refractivity contribution < 1.29 is 19.1 Å². The number of nitrogens with one attached hydrogen (secondary N) is 1. The van der Waals surface area contributed by atoms with Crippen molar-refractivity contribution >= 4 is 40.5 Å². The molecule has 0 bridgehead atoms. The van der Waals surface area contributed by atoms with Crippen molar-refractivity contribution in [1.82, 2.24) is 9.99 Å². The Morgan fingerprint density at radius 2 is 2.04 bits per heavy atom. The number of ether oxygens (including phenoxy) is 1. The number of anilines is 1. The summed E-state index contributed by atoms with van der Waals surface area (Å²) in [6, 6.07) is 7.84. The number of aromatic nitrogens is 1. The van der Waals surface area contributed by atoms with E-state index < -0.39 is 29.1 Å². The summed E-state index contributed by atoms with van der Waals surface area (Å²) in [4.78, 5) is 42.8. The number of carbonyl (C=O) groups is 3. The molecule has 28 heavy (non-hydrogen) atoms. The van der Waals surface area contributed by atoms with Gasteiger partial charge in [-0.3, -0.25) is 19.4 Å². The summed E-state index contributed by atoms with van der Waals surface area (Å²) in [6.45, 7) is 5.06. The average Bonchev–Trinajstić information content (AvgIpc) is 2.69. The Morgan fingerprint density at radius 1 is 1.25 bits per heavy atom. The van der Waals surface area contributed by atoms with Crippen LogP contribution < -0.4 is 5.32 Å². The first-order valence-electron chi connectivity index (χ1n) is 9.10. The highest BCUT2D eigenvalue weighted by Crippen LogP contribution is 2.33. The molecule has 2 unspecified atom stereocenters. The number of nitrogens with zero attached hydrogens (tertiary/aromatic N) is 3. The Bertz CT molecular complexity index is 953. The molecule has 2 heterocycles. The van der Waals surface area contributed by atoms with Gasteiger partial charge in [0.25, 0.3) is 5.91 Å². The maximum Gasteiger partial charge on any atom is 0.327 e. The van der Waals surface area contributed by atoms with Crippen molar-refractivity contribution in [2.75, 3.05) is 18.5 Å². The lowest BCUT2D eigenvalue weighted by Crippen LogP contribution is -2.62. The molecule has 3 rings (SSSR count). The zero-order valence-electron chi connectivity index (χ0n) is 16.0. The molecule has 2 aromatic rings. The normalized spacial score (nSPS) is 21.6. The molecule has 0 spiro atoms. The number of esters is 1. The first kappa shape index (κ1) is 19.5. The van der Waals surface area contributed by atoms with E-state index in [4.69, 9.17) is 4.74 Å². The Hall–Kier alpha value is -3.29. The van der Waals surface area contributed by atoms with Crippen LogP contribution in [0.1, 0.15) is 20.8 Å². The highest BCUT2D eigenvalue weighted by atomic mass is 16.5. The van der Waals surface area contributed by atoms with E-state index >= 15 is 0 Å². The van der Waals surface area contributed by atoms with E-state index in [1.54, 1.807) is 38.2 Å². The van der Waals surface area contributed by atoms with Crippen LogP contribution in [0.25, 0.3) is 10.9 Å². The molecule has 0 radical (unpaired) electrons. The second-order valence-corrected chi connectivity index (χ2v) is 6.40. The van der Waals surface area contributed by atoms with E-state index in [2.05, 4.69) is 15.4 Å². The number of hydrogen-bond acceptors (Lipinski definition) is 7. The third kappa shape index (κ3) is 3.11. The predicted molar refractivity (Wildman–Crippen MR) is 105 cm³/mol. The average molecular weight is 382 g/mol. The second kappa shape index (κ2) is 7.75. The van der Waals surface area contributed by atoms with Gasteiger partial charge in [0, 0.05) is 23.8 Å². The third-order valence-electron chi connectivity index (χ3n) is 4.80. The van der Waals surface area contributed by atoms with Crippen LogP contribution in [0, 0.1) is 5.41 Å². The number of hydrogen-bond donors (Lipinski definition) is 1. The molecule has 146 valence electrons. The van der Waals surface area contributed by atoms with Gasteiger partial charge in [-0.25, -0.2) is 5.01 Å². The number of Topliss-reactive ketones (excluding diaryl/α,β-unsaturated/α-hetero) is 1. The summed E-state index contributed by atoms with van der Waals surface area (Å²) in [7, 11) is 0. The zero-order chi connectivity index (χ0) is 20.3. The van der Waals surface area contributed by atoms with Crippen molar-refractivity contribution in [3.05, 3.63) is 36.5 Å². The van der Waals surface area contributed by atoms with Gasteiger partial charge in [-0.05, 0) is 45.0 Å². The van der Waals surface area contributed by atoms with Crippen LogP contribution in [-0.4, -0.2) is 53.1 Å². The number of carbonyl (C=O) groups excluding carboxylic acids is 3. The van der Waals surface area contributed by atoms with Crippen LogP contribution in [0.15, 0.2) is 41.6 Å². The number of ketones is 1. The largest absolute Gasteiger partial charge is 0.465 e. The molecule has 0 fully saturated rings. The maximum absolute atomic E-state index is 13.1. The first-order chi connectivity index (χ1) is 13.5. The van der Waals surface area contributed by atoms with E-state index in [1.807, 2.05) is 12.1 Å². The summed E-state index contributed by atoms with van der Waals surface area (Å²) in [6.07, 6.45) is 2.89. The Morgan fingerprint density at radius 3 is 2.71 bits per heavy atom. The van der Waals surface area contributed by atoms with Gasteiger partial charge < -0.3 is 10.1 Å². The summed E-state index contributed by atoms with van der Waals surface area (Å²) < 4.78 is 5.14. The SMILES string of the molecule is CCOC(=O)C1(C(C)=O)C=NN(CC)C(=O)C1Nc1cccc2ncccc12. The lowest BCUT2D eigenvalue weighted by molar-refractivity contribution is -0.159. The Balaban J connectivity index is 2.14. The molecular formula is C20H22N4O4. The van der Waals surface area contributed by atoms with E-state index in [-0.39, 0.29) is 6.61 Å². The van der Waals surface area contributed by atoms with Gasteiger partial charge in [-0.15, -0.1) is 0 Å². The maximum atomic E-state index is 13.1. The quantitative estimate of drug-likeness (QED) is 0.606. The highest BCUT2D eigenvalue weighted by molar-refractivity contribution is 6.22. The fourth-order valence-electron chi connectivity index (χ4n) is 3.29. The smallest absolute Gasteiger partial charge is 0.327 e. The molecule has 1 aliphatic rings. The molecular weight excluding hydrogens is 360 g/mol. The number of hydrazone groups is 1. The number of pyridine rings is 1. The number of likely N-dealkylation sites (N-methyl/N-ethyl adjacent to an activating group) is 1. The van der Waals surface area contributed by atoms with Gasteiger partial charge in [-0.2, -0.15) is 5.10 Å². The highest BCUT2D eigenvalue weighted by Gasteiger charge is 2.57. The van der Waals surface area contributed by atoms with Gasteiger partial charge >= 0.3 is 5.97 Å². The van der Waals surface area contributed by atoms with Gasteiger partial charge in [0.1, 0.15) is 6.04 Å². The van der Waals surface area contributed by atoms with Crippen LogP contribution in [0.3, 0.4) is 0 Å². The van der Waals surface area contributed by atoms with Crippen molar-refractivity contribution in [3.63, 3.8) is 0 Å². The fourth-order valence-corrected chi connectivity index (χ4v) is 3.29. The molecule has 1 amide bonds.